The van der Waals surface area contributed by atoms with Crippen LogP contribution in [0.15, 0.2) is 60.8 Å². The highest BCUT2D eigenvalue weighted by Gasteiger charge is 2.47. The van der Waals surface area contributed by atoms with Crippen molar-refractivity contribution < 1.29 is 14.3 Å². The van der Waals surface area contributed by atoms with Crippen molar-refractivity contribution in [2.75, 3.05) is 38.7 Å². The van der Waals surface area contributed by atoms with E-state index in [1.807, 2.05) is 48.6 Å². The van der Waals surface area contributed by atoms with Crippen molar-refractivity contribution in [2.24, 2.45) is 0 Å². The zero-order valence-corrected chi connectivity index (χ0v) is 29.7. The molecule has 2 fully saturated rings. The summed E-state index contributed by atoms with van der Waals surface area (Å²) in [7, 11) is 3.64. The van der Waals surface area contributed by atoms with Crippen molar-refractivity contribution in [1.29, 1.82) is 0 Å². The maximum Gasteiger partial charge on any atom is 0.237 e. The Labute approximate surface area is 302 Å². The molecule has 5 heterocycles. The minimum Gasteiger partial charge on any atom is -0.480 e. The van der Waals surface area contributed by atoms with Gasteiger partial charge in [-0.2, -0.15) is 0 Å². The number of hydrogen-bond donors (Lipinski definition) is 4. The lowest BCUT2D eigenvalue weighted by atomic mass is 9.71. The van der Waals surface area contributed by atoms with Crippen LogP contribution in [0.1, 0.15) is 66.4 Å². The number of rotatable bonds is 11. The molecular formula is C37H42Cl2N8O3. The number of alkyl halides is 1. The van der Waals surface area contributed by atoms with Crippen molar-refractivity contribution in [2.45, 2.75) is 67.6 Å². The van der Waals surface area contributed by atoms with E-state index in [1.54, 1.807) is 13.3 Å². The van der Waals surface area contributed by atoms with E-state index in [0.29, 0.717) is 54.8 Å². The number of ether oxygens (including phenoxy) is 1. The molecule has 1 aromatic carbocycles. The fraction of sp³-hybridized carbons (Fsp3) is 0.432. The Morgan fingerprint density at radius 3 is 2.48 bits per heavy atom. The largest absolute Gasteiger partial charge is 0.480 e. The van der Waals surface area contributed by atoms with Crippen molar-refractivity contribution in [3.63, 3.8) is 0 Å². The molecule has 4 N–H and O–H groups in total. The molecule has 3 aromatic rings. The standard InChI is InChI=1S/C37H42Cl2N8O3/c1-47-17-15-28(41-19-23-10-14-33(49)44-23)26-11-12-30(45-35(26)47)37(16-5-7-25(34(37)39)24-6-3-4-8-27(24)38)31-21-42-29(36(46-31)50-2)20-40-18-22-9-13-32(48)43-22/h3-8,11-12,16,21-23,28,34,40-41H,9-10,13-15,17-20H2,1-2H3,(H,43,48)(H,44,49)/t22-,23+,28+,34?,37?/m1/s1. The molecule has 1 aliphatic carbocycles. The van der Waals surface area contributed by atoms with Gasteiger partial charge in [-0.1, -0.05) is 54.1 Å². The number of nitrogens with one attached hydrogen (secondary N) is 4. The summed E-state index contributed by atoms with van der Waals surface area (Å²) >= 11 is 14.4. The molecule has 50 heavy (non-hydrogen) atoms. The van der Waals surface area contributed by atoms with Gasteiger partial charge in [0.05, 0.1) is 35.5 Å². The summed E-state index contributed by atoms with van der Waals surface area (Å²) in [5.74, 6) is 1.45. The first-order valence-electron chi connectivity index (χ1n) is 17.2. The SMILES string of the molecule is COc1nc(C2(c3ccc4c(n3)N(C)CC[C@@H]4NC[C@@H]3CCC(=O)N3)C=CC=C(c3ccccc3Cl)C2Cl)cnc1CNC[C@H]1CCC(=O)N1. The summed E-state index contributed by atoms with van der Waals surface area (Å²) in [6.45, 7) is 2.56. The number of hydrogen-bond acceptors (Lipinski definition) is 9. The van der Waals surface area contributed by atoms with Crippen LogP contribution in [0.4, 0.5) is 5.82 Å². The number of carbonyl (C=O) groups excluding carboxylic acids is 2. The summed E-state index contributed by atoms with van der Waals surface area (Å²) in [6, 6.07) is 12.2. The second-order valence-electron chi connectivity index (χ2n) is 13.4. The van der Waals surface area contributed by atoms with Gasteiger partial charge in [-0.25, -0.2) is 9.97 Å². The van der Waals surface area contributed by atoms with Gasteiger partial charge in [0, 0.05) is 74.8 Å². The molecule has 2 saturated heterocycles. The van der Waals surface area contributed by atoms with Crippen LogP contribution in [0.5, 0.6) is 5.88 Å². The van der Waals surface area contributed by atoms with Gasteiger partial charge < -0.3 is 30.9 Å². The molecule has 4 aliphatic rings. The molecule has 13 heteroatoms. The van der Waals surface area contributed by atoms with E-state index in [4.69, 9.17) is 42.9 Å². The van der Waals surface area contributed by atoms with Crippen LogP contribution in [-0.4, -0.2) is 78.0 Å². The van der Waals surface area contributed by atoms with Crippen LogP contribution >= 0.6 is 23.2 Å². The van der Waals surface area contributed by atoms with Gasteiger partial charge in [0.15, 0.2) is 0 Å². The normalized spacial score (nSPS) is 26.0. The third kappa shape index (κ3) is 6.71. The van der Waals surface area contributed by atoms with Gasteiger partial charge in [-0.15, -0.1) is 11.6 Å². The Bertz CT molecular complexity index is 1840. The molecular weight excluding hydrogens is 675 g/mol. The molecule has 3 aliphatic heterocycles. The monoisotopic (exact) mass is 716 g/mol. The Balaban J connectivity index is 1.25. The fourth-order valence-corrected chi connectivity index (χ4v) is 8.19. The number of anilines is 1. The summed E-state index contributed by atoms with van der Waals surface area (Å²) in [6.07, 6.45) is 11.5. The van der Waals surface area contributed by atoms with E-state index in [2.05, 4.69) is 39.3 Å². The fourth-order valence-electron chi connectivity index (χ4n) is 7.46. The zero-order valence-electron chi connectivity index (χ0n) is 28.2. The zero-order chi connectivity index (χ0) is 34.8. The third-order valence-corrected chi connectivity index (χ3v) is 11.1. The van der Waals surface area contributed by atoms with Gasteiger partial charge in [-0.05, 0) is 42.5 Å². The lowest BCUT2D eigenvalue weighted by Gasteiger charge is -2.40. The minimum absolute atomic E-state index is 0.0815. The number of allylic oxidation sites excluding steroid dienone is 4. The number of amides is 2. The van der Waals surface area contributed by atoms with E-state index in [-0.39, 0.29) is 29.9 Å². The maximum atomic E-state index is 11.8. The summed E-state index contributed by atoms with van der Waals surface area (Å²) in [4.78, 5) is 40.9. The number of carbonyl (C=O) groups is 2. The molecule has 2 amide bonds. The van der Waals surface area contributed by atoms with E-state index in [1.165, 1.54) is 0 Å². The Kier molecular flexibility index (Phi) is 10.1. The van der Waals surface area contributed by atoms with Gasteiger partial charge in [0.25, 0.3) is 0 Å². The number of benzene rings is 1. The number of aromatic nitrogens is 3. The average Bonchev–Trinajstić information content (AvgIpc) is 3.75. The molecule has 0 spiro atoms. The van der Waals surface area contributed by atoms with Gasteiger partial charge in [0.2, 0.25) is 17.7 Å². The van der Waals surface area contributed by atoms with Gasteiger partial charge >= 0.3 is 0 Å². The highest BCUT2D eigenvalue weighted by molar-refractivity contribution is 6.34. The van der Waals surface area contributed by atoms with Gasteiger partial charge in [-0.3, -0.25) is 14.6 Å². The number of fused-ring (bicyclic) bond motifs is 1. The number of methoxy groups -OCH3 is 1. The summed E-state index contributed by atoms with van der Waals surface area (Å²) < 4.78 is 5.81. The van der Waals surface area contributed by atoms with Crippen LogP contribution < -0.4 is 30.9 Å². The van der Waals surface area contributed by atoms with Crippen LogP contribution in [0.25, 0.3) is 5.57 Å². The first kappa shape index (κ1) is 34.4. The molecule has 262 valence electrons. The van der Waals surface area contributed by atoms with Crippen LogP contribution in [0.2, 0.25) is 5.02 Å². The third-order valence-electron chi connectivity index (χ3n) is 10.2. The summed E-state index contributed by atoms with van der Waals surface area (Å²) in [5.41, 5.74) is 3.70. The first-order valence-corrected chi connectivity index (χ1v) is 18.0. The molecule has 0 bridgehead atoms. The molecule has 2 aromatic heterocycles. The topological polar surface area (TPSA) is 133 Å². The lowest BCUT2D eigenvalue weighted by Crippen LogP contribution is -2.42. The quantitative estimate of drug-likeness (QED) is 0.216. The Morgan fingerprint density at radius 1 is 1.00 bits per heavy atom. The molecule has 7 rings (SSSR count). The Morgan fingerprint density at radius 2 is 1.76 bits per heavy atom. The summed E-state index contributed by atoms with van der Waals surface area (Å²) in [5, 5.41) is 13.1. The predicted octanol–water partition coefficient (Wildman–Crippen LogP) is 4.20. The van der Waals surface area contributed by atoms with Gasteiger partial charge in [0.1, 0.15) is 11.5 Å². The highest BCUT2D eigenvalue weighted by atomic mass is 35.5. The van der Waals surface area contributed by atoms with Crippen molar-refractivity contribution in [3.8, 4) is 5.88 Å². The second kappa shape index (κ2) is 14.7. The van der Waals surface area contributed by atoms with E-state index in [0.717, 1.165) is 54.0 Å². The smallest absolute Gasteiger partial charge is 0.237 e. The maximum absolute atomic E-state index is 11.8. The molecule has 2 unspecified atom stereocenters. The first-order chi connectivity index (χ1) is 24.3. The van der Waals surface area contributed by atoms with E-state index < -0.39 is 10.8 Å². The minimum atomic E-state index is -1.03. The number of pyridine rings is 1. The van der Waals surface area contributed by atoms with E-state index >= 15 is 0 Å². The van der Waals surface area contributed by atoms with Crippen molar-refractivity contribution >= 4 is 46.4 Å². The Hall–Kier alpha value is -4.03. The molecule has 0 saturated carbocycles. The molecule has 5 atom stereocenters. The molecule has 0 radical (unpaired) electrons. The average molecular weight is 718 g/mol. The predicted molar refractivity (Wildman–Crippen MR) is 194 cm³/mol. The number of nitrogens with zero attached hydrogens (tertiary/aromatic N) is 4. The highest BCUT2D eigenvalue weighted by Crippen LogP contribution is 2.48. The second-order valence-corrected chi connectivity index (χ2v) is 14.3. The van der Waals surface area contributed by atoms with Crippen molar-refractivity contribution in [3.05, 3.63) is 94.1 Å². The van der Waals surface area contributed by atoms with Crippen molar-refractivity contribution in [1.82, 2.24) is 36.2 Å². The van der Waals surface area contributed by atoms with Crippen LogP contribution in [0, 0.1) is 0 Å². The lowest BCUT2D eigenvalue weighted by molar-refractivity contribution is -0.120. The van der Waals surface area contributed by atoms with Crippen LogP contribution in [0.3, 0.4) is 0 Å². The van der Waals surface area contributed by atoms with Crippen LogP contribution in [-0.2, 0) is 21.5 Å². The number of halogens is 2. The molecule has 11 nitrogen and oxygen atoms in total. The van der Waals surface area contributed by atoms with E-state index in [9.17, 15) is 9.59 Å².